The standard InChI is InChI=1S/C16H23N3O/c1-9-5-6-13(10(2)18-9)16(3,4)19-15(20)14-11-7-17-8-12(11)14/h5-6,11-12,14,17H,7-8H2,1-4H3,(H,19,20)/t11-,12?,14+/m0/s1. The Morgan fingerprint density at radius 2 is 1.95 bits per heavy atom. The molecular formula is C16H23N3O. The highest BCUT2D eigenvalue weighted by atomic mass is 16.2. The number of carbonyl (C=O) groups is 1. The van der Waals surface area contributed by atoms with Gasteiger partial charge in [-0.05, 0) is 64.3 Å². The van der Waals surface area contributed by atoms with Crippen molar-refractivity contribution in [1.82, 2.24) is 15.6 Å². The summed E-state index contributed by atoms with van der Waals surface area (Å²) in [4.78, 5) is 16.9. The van der Waals surface area contributed by atoms with Gasteiger partial charge in [0.2, 0.25) is 5.91 Å². The molecular weight excluding hydrogens is 250 g/mol. The van der Waals surface area contributed by atoms with Gasteiger partial charge in [-0.15, -0.1) is 0 Å². The van der Waals surface area contributed by atoms with Gasteiger partial charge in [-0.1, -0.05) is 6.07 Å². The third kappa shape index (κ3) is 2.22. The monoisotopic (exact) mass is 273 g/mol. The van der Waals surface area contributed by atoms with E-state index in [1.165, 1.54) is 0 Å². The number of aryl methyl sites for hydroxylation is 2. The van der Waals surface area contributed by atoms with Crippen molar-refractivity contribution in [1.29, 1.82) is 0 Å². The maximum absolute atomic E-state index is 12.4. The summed E-state index contributed by atoms with van der Waals surface area (Å²) in [5, 5.41) is 6.54. The molecule has 2 fully saturated rings. The van der Waals surface area contributed by atoms with Crippen LogP contribution in [0.25, 0.3) is 0 Å². The van der Waals surface area contributed by atoms with Crippen LogP contribution in [-0.4, -0.2) is 24.0 Å². The van der Waals surface area contributed by atoms with Crippen LogP contribution in [0.1, 0.15) is 30.8 Å². The number of rotatable bonds is 3. The summed E-state index contributed by atoms with van der Waals surface area (Å²) in [7, 11) is 0. The second kappa shape index (κ2) is 4.55. The summed E-state index contributed by atoms with van der Waals surface area (Å²) in [5.74, 6) is 1.53. The lowest BCUT2D eigenvalue weighted by atomic mass is 9.92. The summed E-state index contributed by atoms with van der Waals surface area (Å²) >= 11 is 0. The molecule has 0 bridgehead atoms. The predicted octanol–water partition coefficient (Wildman–Crippen LogP) is 1.52. The SMILES string of the molecule is Cc1ccc(C(C)(C)NC(=O)[C@H]2C3CNC[C@@H]32)c(C)n1. The first kappa shape index (κ1) is 13.6. The fraction of sp³-hybridized carbons (Fsp3) is 0.625. The average molecular weight is 273 g/mol. The Balaban J connectivity index is 1.73. The molecule has 1 aromatic heterocycles. The van der Waals surface area contributed by atoms with E-state index in [1.54, 1.807) is 0 Å². The van der Waals surface area contributed by atoms with Gasteiger partial charge in [0.15, 0.2) is 0 Å². The number of hydrogen-bond acceptors (Lipinski definition) is 3. The molecule has 0 radical (unpaired) electrons. The third-order valence-corrected chi connectivity index (χ3v) is 4.73. The van der Waals surface area contributed by atoms with Crippen LogP contribution in [0, 0.1) is 31.6 Å². The lowest BCUT2D eigenvalue weighted by molar-refractivity contribution is -0.124. The second-order valence-electron chi connectivity index (χ2n) is 6.71. The number of nitrogens with zero attached hydrogens (tertiary/aromatic N) is 1. The van der Waals surface area contributed by atoms with Crippen LogP contribution in [0.2, 0.25) is 0 Å². The normalized spacial score (nSPS) is 28.1. The van der Waals surface area contributed by atoms with E-state index in [9.17, 15) is 4.79 Å². The Bertz CT molecular complexity index is 543. The number of hydrogen-bond donors (Lipinski definition) is 2. The molecule has 2 aliphatic rings. The van der Waals surface area contributed by atoms with E-state index in [2.05, 4.69) is 35.5 Å². The number of pyridine rings is 1. The highest BCUT2D eigenvalue weighted by Crippen LogP contribution is 2.49. The smallest absolute Gasteiger partial charge is 0.224 e. The Morgan fingerprint density at radius 3 is 2.55 bits per heavy atom. The molecule has 3 atom stereocenters. The molecule has 1 aliphatic carbocycles. The number of piperidine rings is 1. The third-order valence-electron chi connectivity index (χ3n) is 4.73. The van der Waals surface area contributed by atoms with Gasteiger partial charge in [-0.2, -0.15) is 0 Å². The summed E-state index contributed by atoms with van der Waals surface area (Å²) in [6.45, 7) is 10.1. The van der Waals surface area contributed by atoms with Crippen LogP contribution in [-0.2, 0) is 10.3 Å². The van der Waals surface area contributed by atoms with Crippen molar-refractivity contribution in [2.24, 2.45) is 17.8 Å². The Morgan fingerprint density at radius 1 is 1.30 bits per heavy atom. The number of fused-ring (bicyclic) bond motifs is 1. The molecule has 1 saturated heterocycles. The minimum atomic E-state index is -0.369. The first-order valence-corrected chi connectivity index (χ1v) is 7.37. The largest absolute Gasteiger partial charge is 0.347 e. The molecule has 3 rings (SSSR count). The van der Waals surface area contributed by atoms with Crippen LogP contribution >= 0.6 is 0 Å². The summed E-state index contributed by atoms with van der Waals surface area (Å²) in [6, 6.07) is 4.08. The van der Waals surface area contributed by atoms with Crippen molar-refractivity contribution in [3.05, 3.63) is 29.1 Å². The highest BCUT2D eigenvalue weighted by molar-refractivity contribution is 5.83. The predicted molar refractivity (Wildman–Crippen MR) is 78.2 cm³/mol. The number of carbonyl (C=O) groups excluding carboxylic acids is 1. The van der Waals surface area contributed by atoms with Crippen molar-refractivity contribution in [2.45, 2.75) is 33.2 Å². The van der Waals surface area contributed by atoms with Crippen LogP contribution < -0.4 is 10.6 Å². The highest BCUT2D eigenvalue weighted by Gasteiger charge is 2.57. The summed E-state index contributed by atoms with van der Waals surface area (Å²) in [6.07, 6.45) is 0. The topological polar surface area (TPSA) is 54.0 Å². The van der Waals surface area contributed by atoms with Gasteiger partial charge in [-0.25, -0.2) is 0 Å². The van der Waals surface area contributed by atoms with E-state index in [1.807, 2.05) is 19.9 Å². The molecule has 1 unspecified atom stereocenters. The van der Waals surface area contributed by atoms with Crippen LogP contribution in [0.5, 0.6) is 0 Å². The average Bonchev–Trinajstić information content (AvgIpc) is 2.83. The van der Waals surface area contributed by atoms with Crippen molar-refractivity contribution >= 4 is 5.91 Å². The van der Waals surface area contributed by atoms with E-state index in [0.717, 1.165) is 30.0 Å². The molecule has 20 heavy (non-hydrogen) atoms. The molecule has 2 heterocycles. The van der Waals surface area contributed by atoms with Gasteiger partial charge in [0.1, 0.15) is 0 Å². The van der Waals surface area contributed by atoms with Gasteiger partial charge in [0.25, 0.3) is 0 Å². The summed E-state index contributed by atoms with van der Waals surface area (Å²) < 4.78 is 0. The van der Waals surface area contributed by atoms with Crippen molar-refractivity contribution in [2.75, 3.05) is 13.1 Å². The van der Waals surface area contributed by atoms with E-state index in [-0.39, 0.29) is 17.4 Å². The minimum absolute atomic E-state index is 0.200. The second-order valence-corrected chi connectivity index (χ2v) is 6.71. The molecule has 108 valence electrons. The lowest BCUT2D eigenvalue weighted by Gasteiger charge is -2.28. The number of nitrogens with one attached hydrogen (secondary N) is 2. The Kier molecular flexibility index (Phi) is 3.09. The molecule has 1 aromatic rings. The molecule has 1 saturated carbocycles. The van der Waals surface area contributed by atoms with E-state index < -0.39 is 0 Å². The first-order chi connectivity index (χ1) is 9.40. The Hall–Kier alpha value is -1.42. The zero-order chi connectivity index (χ0) is 14.5. The number of aromatic nitrogens is 1. The fourth-order valence-corrected chi connectivity index (χ4v) is 3.61. The van der Waals surface area contributed by atoms with E-state index >= 15 is 0 Å². The fourth-order valence-electron chi connectivity index (χ4n) is 3.61. The van der Waals surface area contributed by atoms with Gasteiger partial charge in [-0.3, -0.25) is 9.78 Å². The van der Waals surface area contributed by atoms with Crippen LogP contribution in [0.15, 0.2) is 12.1 Å². The number of amides is 1. The van der Waals surface area contributed by atoms with Crippen LogP contribution in [0.3, 0.4) is 0 Å². The molecule has 0 aromatic carbocycles. The maximum atomic E-state index is 12.4. The van der Waals surface area contributed by atoms with Gasteiger partial charge in [0, 0.05) is 17.3 Å². The lowest BCUT2D eigenvalue weighted by Crippen LogP contribution is -2.43. The van der Waals surface area contributed by atoms with Crippen LogP contribution in [0.4, 0.5) is 0 Å². The van der Waals surface area contributed by atoms with Gasteiger partial charge >= 0.3 is 0 Å². The molecule has 1 aliphatic heterocycles. The molecule has 2 N–H and O–H groups in total. The molecule has 1 amide bonds. The van der Waals surface area contributed by atoms with E-state index in [4.69, 9.17) is 0 Å². The van der Waals surface area contributed by atoms with Crippen molar-refractivity contribution in [3.8, 4) is 0 Å². The molecule has 4 heteroatoms. The molecule has 0 spiro atoms. The first-order valence-electron chi connectivity index (χ1n) is 7.37. The maximum Gasteiger partial charge on any atom is 0.224 e. The quantitative estimate of drug-likeness (QED) is 0.878. The van der Waals surface area contributed by atoms with Gasteiger partial charge < -0.3 is 10.6 Å². The summed E-state index contributed by atoms with van der Waals surface area (Å²) in [5.41, 5.74) is 2.73. The zero-order valence-electron chi connectivity index (χ0n) is 12.7. The zero-order valence-corrected chi connectivity index (χ0v) is 12.7. The minimum Gasteiger partial charge on any atom is -0.347 e. The van der Waals surface area contributed by atoms with E-state index in [0.29, 0.717) is 11.8 Å². The Labute approximate surface area is 120 Å². The van der Waals surface area contributed by atoms with Crippen molar-refractivity contribution in [3.63, 3.8) is 0 Å². The molecule has 4 nitrogen and oxygen atoms in total. The van der Waals surface area contributed by atoms with Crippen molar-refractivity contribution < 1.29 is 4.79 Å². The van der Waals surface area contributed by atoms with Gasteiger partial charge in [0.05, 0.1) is 5.54 Å².